The van der Waals surface area contributed by atoms with Gasteiger partial charge in [0.2, 0.25) is 0 Å². The fourth-order valence-electron chi connectivity index (χ4n) is 3.58. The highest BCUT2D eigenvalue weighted by Crippen LogP contribution is 2.21. The van der Waals surface area contributed by atoms with E-state index in [-0.39, 0.29) is 11.3 Å². The molecule has 4 nitrogen and oxygen atoms in total. The smallest absolute Gasteiger partial charge is 0.266 e. The molecule has 1 heterocycles. The van der Waals surface area contributed by atoms with Crippen LogP contribution in [0.2, 0.25) is 0 Å². The molecule has 0 aliphatic heterocycles. The number of phenolic OH excluding ortho intramolecular Hbond substituents is 1. The Balaban J connectivity index is 1.73. The molecule has 0 atom stereocenters. The van der Waals surface area contributed by atoms with Gasteiger partial charge >= 0.3 is 0 Å². The van der Waals surface area contributed by atoms with Gasteiger partial charge in [-0.2, -0.15) is 0 Å². The van der Waals surface area contributed by atoms with Crippen molar-refractivity contribution in [1.29, 1.82) is 0 Å². The number of hydrogen-bond donors (Lipinski definition) is 1. The Hall–Kier alpha value is -4.18. The molecule has 0 spiro atoms. The Morgan fingerprint density at radius 1 is 0.767 bits per heavy atom. The van der Waals surface area contributed by atoms with Crippen molar-refractivity contribution < 1.29 is 5.11 Å². The van der Waals surface area contributed by atoms with E-state index in [2.05, 4.69) is 0 Å². The first-order valence-electron chi connectivity index (χ1n) is 9.67. The van der Waals surface area contributed by atoms with Gasteiger partial charge in [-0.15, -0.1) is 0 Å². The molecule has 0 aliphatic rings. The Morgan fingerprint density at radius 3 is 2.33 bits per heavy atom. The monoisotopic (exact) mass is 390 g/mol. The second-order valence-corrected chi connectivity index (χ2v) is 7.08. The third-order valence-corrected chi connectivity index (χ3v) is 5.11. The molecule has 0 aliphatic carbocycles. The molecule has 4 aromatic carbocycles. The van der Waals surface area contributed by atoms with E-state index in [1.807, 2.05) is 84.9 Å². The summed E-state index contributed by atoms with van der Waals surface area (Å²) < 4.78 is 1.64. The van der Waals surface area contributed by atoms with Crippen LogP contribution in [0.3, 0.4) is 0 Å². The summed E-state index contributed by atoms with van der Waals surface area (Å²) in [4.78, 5) is 18.1. The summed E-state index contributed by atoms with van der Waals surface area (Å²) in [7, 11) is 0. The maximum Gasteiger partial charge on any atom is 0.266 e. The fraction of sp³-hybridized carbons (Fsp3) is 0. The molecule has 0 fully saturated rings. The minimum absolute atomic E-state index is 0.110. The highest BCUT2D eigenvalue weighted by atomic mass is 16.3. The molecule has 4 heteroatoms. The molecule has 5 rings (SSSR count). The molecule has 0 unspecified atom stereocenters. The van der Waals surface area contributed by atoms with Crippen molar-refractivity contribution in [2.45, 2.75) is 0 Å². The lowest BCUT2D eigenvalue weighted by molar-refractivity contribution is 0.475. The number of rotatable bonds is 3. The standard InChI is InChI=1S/C26H18N2O2/c29-22-14-9-18(10-15-22)11-16-25-27-24-8-4-3-7-23(24)26(30)28(25)21-13-12-19-5-1-2-6-20(19)17-21/h1-17,29H/b16-11-. The van der Waals surface area contributed by atoms with Crippen LogP contribution < -0.4 is 5.56 Å². The van der Waals surface area contributed by atoms with Gasteiger partial charge in [0.25, 0.3) is 5.56 Å². The lowest BCUT2D eigenvalue weighted by Gasteiger charge is -2.12. The quantitative estimate of drug-likeness (QED) is 0.448. The summed E-state index contributed by atoms with van der Waals surface area (Å²) in [5, 5.41) is 12.2. The number of benzene rings is 4. The predicted molar refractivity (Wildman–Crippen MR) is 122 cm³/mol. The van der Waals surface area contributed by atoms with E-state index in [1.165, 1.54) is 0 Å². The van der Waals surface area contributed by atoms with Gasteiger partial charge in [0.05, 0.1) is 16.6 Å². The van der Waals surface area contributed by atoms with Crippen LogP contribution >= 0.6 is 0 Å². The van der Waals surface area contributed by atoms with Gasteiger partial charge in [-0.1, -0.05) is 60.7 Å². The first-order chi connectivity index (χ1) is 14.7. The van der Waals surface area contributed by atoms with E-state index in [9.17, 15) is 9.90 Å². The molecule has 0 saturated carbocycles. The van der Waals surface area contributed by atoms with Crippen LogP contribution in [0.1, 0.15) is 11.4 Å². The van der Waals surface area contributed by atoms with Crippen LogP contribution in [0.25, 0.3) is 39.5 Å². The SMILES string of the molecule is O=c1c2ccccc2nc(/C=C\c2ccc(O)cc2)n1-c1ccc2ccccc2c1. The molecular weight excluding hydrogens is 372 g/mol. The largest absolute Gasteiger partial charge is 0.508 e. The molecule has 0 bridgehead atoms. The summed E-state index contributed by atoms with van der Waals surface area (Å²) in [6.45, 7) is 0. The van der Waals surface area contributed by atoms with E-state index >= 15 is 0 Å². The van der Waals surface area contributed by atoms with Crippen molar-refractivity contribution in [2.75, 3.05) is 0 Å². The zero-order valence-electron chi connectivity index (χ0n) is 16.1. The number of fused-ring (bicyclic) bond motifs is 2. The van der Waals surface area contributed by atoms with Gasteiger partial charge in [0.1, 0.15) is 11.6 Å². The molecule has 5 aromatic rings. The van der Waals surface area contributed by atoms with E-state index in [4.69, 9.17) is 4.98 Å². The fourth-order valence-corrected chi connectivity index (χ4v) is 3.58. The van der Waals surface area contributed by atoms with Gasteiger partial charge in [-0.05, 0) is 58.8 Å². The van der Waals surface area contributed by atoms with E-state index < -0.39 is 0 Å². The van der Waals surface area contributed by atoms with Gasteiger partial charge in [0, 0.05) is 0 Å². The molecule has 0 saturated heterocycles. The molecule has 1 aromatic heterocycles. The minimum Gasteiger partial charge on any atom is -0.508 e. The lowest BCUT2D eigenvalue weighted by atomic mass is 10.1. The van der Waals surface area contributed by atoms with Gasteiger partial charge < -0.3 is 5.11 Å². The van der Waals surface area contributed by atoms with Crippen LogP contribution in [0, 0.1) is 0 Å². The number of hydrogen-bond acceptors (Lipinski definition) is 3. The van der Waals surface area contributed by atoms with Crippen molar-refractivity contribution >= 4 is 33.8 Å². The Kier molecular flexibility index (Phi) is 4.37. The summed E-state index contributed by atoms with van der Waals surface area (Å²) in [6, 6.07) is 28.3. The van der Waals surface area contributed by atoms with E-state index in [1.54, 1.807) is 22.8 Å². The second kappa shape index (κ2) is 7.33. The normalized spacial score (nSPS) is 11.5. The number of para-hydroxylation sites is 1. The van der Waals surface area contributed by atoms with Crippen molar-refractivity contribution in [1.82, 2.24) is 9.55 Å². The third kappa shape index (κ3) is 3.25. The summed E-state index contributed by atoms with van der Waals surface area (Å²) in [6.07, 6.45) is 3.71. The Morgan fingerprint density at radius 2 is 1.50 bits per heavy atom. The summed E-state index contributed by atoms with van der Waals surface area (Å²) in [5.41, 5.74) is 2.22. The average Bonchev–Trinajstić information content (AvgIpc) is 2.78. The summed E-state index contributed by atoms with van der Waals surface area (Å²) >= 11 is 0. The maximum atomic E-state index is 13.4. The molecule has 0 amide bonds. The minimum atomic E-state index is -0.110. The number of aromatic nitrogens is 2. The van der Waals surface area contributed by atoms with Gasteiger partial charge in [-0.3, -0.25) is 9.36 Å². The number of nitrogens with zero attached hydrogens (tertiary/aromatic N) is 2. The molecule has 1 N–H and O–H groups in total. The van der Waals surface area contributed by atoms with Crippen LogP contribution in [0.15, 0.2) is 95.8 Å². The molecular formula is C26H18N2O2. The molecule has 0 radical (unpaired) electrons. The number of phenols is 1. The first-order valence-corrected chi connectivity index (χ1v) is 9.67. The van der Waals surface area contributed by atoms with Crippen LogP contribution in [0.4, 0.5) is 0 Å². The molecule has 30 heavy (non-hydrogen) atoms. The van der Waals surface area contributed by atoms with Crippen LogP contribution in [-0.4, -0.2) is 14.7 Å². The zero-order valence-corrected chi connectivity index (χ0v) is 16.1. The highest BCUT2D eigenvalue weighted by molar-refractivity contribution is 5.85. The van der Waals surface area contributed by atoms with E-state index in [0.717, 1.165) is 22.0 Å². The van der Waals surface area contributed by atoms with Crippen molar-refractivity contribution in [3.63, 3.8) is 0 Å². The number of aromatic hydroxyl groups is 1. The molecule has 144 valence electrons. The van der Waals surface area contributed by atoms with Crippen molar-refractivity contribution in [3.8, 4) is 11.4 Å². The maximum absolute atomic E-state index is 13.4. The highest BCUT2D eigenvalue weighted by Gasteiger charge is 2.11. The summed E-state index contributed by atoms with van der Waals surface area (Å²) in [5.74, 6) is 0.756. The van der Waals surface area contributed by atoms with Gasteiger partial charge in [0.15, 0.2) is 0 Å². The topological polar surface area (TPSA) is 55.1 Å². The average molecular weight is 390 g/mol. The lowest BCUT2D eigenvalue weighted by Crippen LogP contribution is -2.22. The Labute approximate surface area is 173 Å². The van der Waals surface area contributed by atoms with Gasteiger partial charge in [-0.25, -0.2) is 4.98 Å². The van der Waals surface area contributed by atoms with Crippen LogP contribution in [0.5, 0.6) is 5.75 Å². The van der Waals surface area contributed by atoms with Crippen LogP contribution in [-0.2, 0) is 0 Å². The van der Waals surface area contributed by atoms with Crippen molar-refractivity contribution in [3.05, 3.63) is 113 Å². The van der Waals surface area contributed by atoms with E-state index in [0.29, 0.717) is 16.7 Å². The predicted octanol–water partition coefficient (Wildman–Crippen LogP) is 5.41. The third-order valence-electron chi connectivity index (χ3n) is 5.11. The first kappa shape index (κ1) is 17.9. The van der Waals surface area contributed by atoms with Crippen molar-refractivity contribution in [2.24, 2.45) is 0 Å². The second-order valence-electron chi connectivity index (χ2n) is 7.08. The zero-order chi connectivity index (χ0) is 20.5. The Bertz CT molecular complexity index is 1460.